The molecule has 23 heavy (non-hydrogen) atoms. The van der Waals surface area contributed by atoms with E-state index in [2.05, 4.69) is 38.0 Å². The molecule has 0 fully saturated rings. The fourth-order valence-corrected chi connectivity index (χ4v) is 2.65. The predicted octanol–water partition coefficient (Wildman–Crippen LogP) is 2.98. The van der Waals surface area contributed by atoms with Crippen molar-refractivity contribution in [1.82, 2.24) is 14.8 Å². The van der Waals surface area contributed by atoms with Crippen LogP contribution < -0.4 is 5.32 Å². The molecule has 5 nitrogen and oxygen atoms in total. The number of aliphatic imine (C=N–C) groups is 1. The predicted molar refractivity (Wildman–Crippen MR) is 93.3 cm³/mol. The summed E-state index contributed by atoms with van der Waals surface area (Å²) in [5, 5.41) is 4.47. The number of hydrogen-bond acceptors (Lipinski definition) is 2. The third-order valence-corrected chi connectivity index (χ3v) is 3.92. The van der Waals surface area contributed by atoms with Crippen LogP contribution in [0.15, 0.2) is 58.1 Å². The number of aromatic nitrogens is 1. The zero-order chi connectivity index (χ0) is 16.2. The Labute approximate surface area is 136 Å². The van der Waals surface area contributed by atoms with Crippen molar-refractivity contribution in [2.45, 2.75) is 13.1 Å². The van der Waals surface area contributed by atoms with Crippen LogP contribution in [-0.4, -0.2) is 29.5 Å². The molecule has 0 spiro atoms. The highest BCUT2D eigenvalue weighted by Crippen LogP contribution is 2.18. The van der Waals surface area contributed by atoms with Crippen LogP contribution in [0.25, 0.3) is 11.0 Å². The van der Waals surface area contributed by atoms with Gasteiger partial charge in [-0.1, -0.05) is 18.2 Å². The molecule has 1 aromatic carbocycles. The summed E-state index contributed by atoms with van der Waals surface area (Å²) in [7, 11) is 5.87. The van der Waals surface area contributed by atoms with Gasteiger partial charge < -0.3 is 19.2 Å². The summed E-state index contributed by atoms with van der Waals surface area (Å²) in [5.41, 5.74) is 2.15. The first kappa shape index (κ1) is 15.2. The molecule has 2 aromatic heterocycles. The molecule has 0 saturated heterocycles. The summed E-state index contributed by atoms with van der Waals surface area (Å²) in [4.78, 5) is 6.44. The summed E-state index contributed by atoms with van der Waals surface area (Å²) in [5.74, 6) is 1.74. The number of benzene rings is 1. The van der Waals surface area contributed by atoms with Gasteiger partial charge in [-0.15, -0.1) is 0 Å². The molecule has 3 rings (SSSR count). The second-order valence-corrected chi connectivity index (χ2v) is 5.62. The molecular weight excluding hydrogens is 288 g/mol. The van der Waals surface area contributed by atoms with Crippen molar-refractivity contribution < 1.29 is 4.42 Å². The Morgan fingerprint density at radius 1 is 1.26 bits per heavy atom. The van der Waals surface area contributed by atoms with Crippen LogP contribution in [0.5, 0.6) is 0 Å². The highest BCUT2D eigenvalue weighted by Gasteiger charge is 2.09. The van der Waals surface area contributed by atoms with Crippen molar-refractivity contribution >= 4 is 16.9 Å². The first-order chi connectivity index (χ1) is 11.2. The number of nitrogens with one attached hydrogen (secondary N) is 1. The number of aryl methyl sites for hydroxylation is 1. The molecule has 0 amide bonds. The van der Waals surface area contributed by atoms with Crippen LogP contribution in [0.3, 0.4) is 0 Å². The van der Waals surface area contributed by atoms with Crippen LogP contribution in [0, 0.1) is 0 Å². The quantitative estimate of drug-likeness (QED) is 0.595. The van der Waals surface area contributed by atoms with E-state index in [0.29, 0.717) is 6.54 Å². The van der Waals surface area contributed by atoms with E-state index in [4.69, 9.17) is 4.42 Å². The highest BCUT2D eigenvalue weighted by molar-refractivity contribution is 5.80. The van der Waals surface area contributed by atoms with Gasteiger partial charge in [0.05, 0.1) is 13.1 Å². The lowest BCUT2D eigenvalue weighted by atomic mass is 10.2. The Bertz CT molecular complexity index is 782. The molecular formula is C18H22N4O. The monoisotopic (exact) mass is 310 g/mol. The molecule has 0 saturated carbocycles. The highest BCUT2D eigenvalue weighted by atomic mass is 16.3. The van der Waals surface area contributed by atoms with Crippen LogP contribution in [0.4, 0.5) is 0 Å². The minimum absolute atomic E-state index is 0.610. The lowest BCUT2D eigenvalue weighted by molar-refractivity contribution is 0.454. The van der Waals surface area contributed by atoms with Gasteiger partial charge in [0.15, 0.2) is 5.96 Å². The van der Waals surface area contributed by atoms with Gasteiger partial charge in [-0.2, -0.15) is 0 Å². The minimum Gasteiger partial charge on any atom is -0.459 e. The Morgan fingerprint density at radius 2 is 2.09 bits per heavy atom. The first-order valence-electron chi connectivity index (χ1n) is 7.67. The molecule has 0 unspecified atom stereocenters. The Morgan fingerprint density at radius 3 is 2.78 bits per heavy atom. The molecule has 0 bridgehead atoms. The Hall–Kier alpha value is -2.69. The van der Waals surface area contributed by atoms with E-state index in [1.807, 2.05) is 44.6 Å². The van der Waals surface area contributed by atoms with Crippen molar-refractivity contribution in [1.29, 1.82) is 0 Å². The molecule has 2 heterocycles. The number of guanidine groups is 1. The average Bonchev–Trinajstić information content (AvgIpc) is 3.14. The van der Waals surface area contributed by atoms with Gasteiger partial charge in [0.1, 0.15) is 11.3 Å². The first-order valence-corrected chi connectivity index (χ1v) is 7.67. The lowest BCUT2D eigenvalue weighted by Crippen LogP contribution is -2.38. The van der Waals surface area contributed by atoms with Gasteiger partial charge in [0, 0.05) is 38.4 Å². The summed E-state index contributed by atoms with van der Waals surface area (Å²) < 4.78 is 7.94. The zero-order valence-corrected chi connectivity index (χ0v) is 13.8. The van der Waals surface area contributed by atoms with Crippen molar-refractivity contribution in [3.63, 3.8) is 0 Å². The van der Waals surface area contributed by atoms with Crippen LogP contribution in [0.2, 0.25) is 0 Å². The van der Waals surface area contributed by atoms with Gasteiger partial charge >= 0.3 is 0 Å². The Kier molecular flexibility index (Phi) is 4.37. The van der Waals surface area contributed by atoms with E-state index in [1.54, 1.807) is 7.05 Å². The number of furan rings is 1. The fourth-order valence-electron chi connectivity index (χ4n) is 2.65. The molecule has 0 atom stereocenters. The van der Waals surface area contributed by atoms with Gasteiger partial charge in [0.2, 0.25) is 0 Å². The van der Waals surface area contributed by atoms with E-state index < -0.39 is 0 Å². The van der Waals surface area contributed by atoms with Crippen molar-refractivity contribution in [3.05, 3.63) is 60.1 Å². The maximum absolute atomic E-state index is 5.83. The maximum Gasteiger partial charge on any atom is 0.194 e. The van der Waals surface area contributed by atoms with E-state index in [1.165, 1.54) is 5.69 Å². The topological polar surface area (TPSA) is 45.7 Å². The minimum atomic E-state index is 0.610. The zero-order valence-electron chi connectivity index (χ0n) is 13.8. The maximum atomic E-state index is 5.83. The van der Waals surface area contributed by atoms with Gasteiger partial charge in [-0.25, -0.2) is 0 Å². The van der Waals surface area contributed by atoms with Crippen molar-refractivity contribution in [2.24, 2.45) is 12.0 Å². The van der Waals surface area contributed by atoms with Crippen LogP contribution >= 0.6 is 0 Å². The molecule has 1 N–H and O–H groups in total. The number of fused-ring (bicyclic) bond motifs is 1. The SMILES string of the molecule is CN=C(NCc1cc2ccccc2o1)N(C)Cc1cccn1C. The number of nitrogens with zero attached hydrogens (tertiary/aromatic N) is 3. The average molecular weight is 310 g/mol. The van der Waals surface area contributed by atoms with E-state index in [-0.39, 0.29) is 0 Å². The molecule has 0 aliphatic carbocycles. The standard InChI is InChI=1S/C18H22N4O/c1-19-18(22(3)13-15-8-6-10-21(15)2)20-12-16-11-14-7-4-5-9-17(14)23-16/h4-11H,12-13H2,1-3H3,(H,19,20). The summed E-state index contributed by atoms with van der Waals surface area (Å²) in [6.45, 7) is 1.40. The molecule has 5 heteroatoms. The number of rotatable bonds is 4. The fraction of sp³-hybridized carbons (Fsp3) is 0.278. The van der Waals surface area contributed by atoms with E-state index in [9.17, 15) is 0 Å². The smallest absolute Gasteiger partial charge is 0.194 e. The van der Waals surface area contributed by atoms with Crippen LogP contribution in [0.1, 0.15) is 11.5 Å². The van der Waals surface area contributed by atoms with E-state index in [0.717, 1.165) is 29.2 Å². The number of para-hydroxylation sites is 1. The normalized spacial score (nSPS) is 11.9. The largest absolute Gasteiger partial charge is 0.459 e. The summed E-state index contributed by atoms with van der Waals surface area (Å²) in [6, 6.07) is 14.3. The second-order valence-electron chi connectivity index (χ2n) is 5.62. The van der Waals surface area contributed by atoms with Gasteiger partial charge in [-0.05, 0) is 24.3 Å². The van der Waals surface area contributed by atoms with Crippen molar-refractivity contribution in [2.75, 3.05) is 14.1 Å². The third kappa shape index (κ3) is 3.39. The molecule has 3 aromatic rings. The summed E-state index contributed by atoms with van der Waals surface area (Å²) in [6.07, 6.45) is 2.05. The summed E-state index contributed by atoms with van der Waals surface area (Å²) >= 11 is 0. The molecule has 0 aliphatic heterocycles. The molecule has 120 valence electrons. The number of hydrogen-bond donors (Lipinski definition) is 1. The van der Waals surface area contributed by atoms with Gasteiger partial charge in [-0.3, -0.25) is 4.99 Å². The lowest BCUT2D eigenvalue weighted by Gasteiger charge is -2.22. The van der Waals surface area contributed by atoms with Crippen LogP contribution in [-0.2, 0) is 20.1 Å². The molecule has 0 aliphatic rings. The van der Waals surface area contributed by atoms with Crippen molar-refractivity contribution in [3.8, 4) is 0 Å². The second kappa shape index (κ2) is 6.60. The third-order valence-electron chi connectivity index (χ3n) is 3.92. The Balaban J connectivity index is 1.64. The van der Waals surface area contributed by atoms with E-state index >= 15 is 0 Å². The molecule has 0 radical (unpaired) electrons. The van der Waals surface area contributed by atoms with Gasteiger partial charge in [0.25, 0.3) is 0 Å².